The van der Waals surface area contributed by atoms with E-state index in [0.717, 1.165) is 63.7 Å². The van der Waals surface area contributed by atoms with Crippen LogP contribution in [-0.4, -0.2) is 56.4 Å². The van der Waals surface area contributed by atoms with Crippen molar-refractivity contribution in [3.8, 4) is 5.75 Å². The molecule has 134 valence electrons. The Bertz CT molecular complexity index is 496. The summed E-state index contributed by atoms with van der Waals surface area (Å²) in [5, 5.41) is 3.11. The number of guanidine groups is 1. The van der Waals surface area contributed by atoms with Crippen molar-refractivity contribution in [1.29, 1.82) is 0 Å². The number of hydrogen-bond acceptors (Lipinski definition) is 4. The Morgan fingerprint density at radius 1 is 1.25 bits per heavy atom. The molecular weight excluding hydrogens is 304 g/mol. The molecule has 0 radical (unpaired) electrons. The van der Waals surface area contributed by atoms with Gasteiger partial charge in [0.15, 0.2) is 5.96 Å². The average Bonchev–Trinajstić information content (AvgIpc) is 2.57. The highest BCUT2D eigenvalue weighted by Crippen LogP contribution is 2.16. The number of benzene rings is 1. The van der Waals surface area contributed by atoms with Crippen molar-refractivity contribution in [2.75, 3.05) is 44.7 Å². The van der Waals surface area contributed by atoms with Crippen LogP contribution in [0, 0.1) is 0 Å². The van der Waals surface area contributed by atoms with Crippen LogP contribution in [0.3, 0.4) is 0 Å². The molecule has 0 aromatic heterocycles. The lowest BCUT2D eigenvalue weighted by molar-refractivity contribution is 0.0373. The largest absolute Gasteiger partial charge is 0.491 e. The molecule has 1 saturated heterocycles. The second-order valence-electron chi connectivity index (χ2n) is 6.24. The highest BCUT2D eigenvalue weighted by molar-refractivity contribution is 5.92. The molecule has 0 atom stereocenters. The van der Waals surface area contributed by atoms with Crippen LogP contribution < -0.4 is 15.8 Å². The number of morpholine rings is 1. The fourth-order valence-corrected chi connectivity index (χ4v) is 2.55. The minimum Gasteiger partial charge on any atom is -0.491 e. The number of unbranched alkanes of at least 4 members (excludes halogenated alkanes) is 1. The van der Waals surface area contributed by atoms with E-state index >= 15 is 0 Å². The predicted octanol–water partition coefficient (Wildman–Crippen LogP) is 2.31. The number of anilines is 1. The minimum atomic E-state index is 0.174. The van der Waals surface area contributed by atoms with Crippen molar-refractivity contribution in [3.05, 3.63) is 24.3 Å². The van der Waals surface area contributed by atoms with Crippen molar-refractivity contribution in [3.63, 3.8) is 0 Å². The lowest BCUT2D eigenvalue weighted by Crippen LogP contribution is -2.36. The van der Waals surface area contributed by atoms with Crippen LogP contribution in [0.2, 0.25) is 0 Å². The number of nitrogens with one attached hydrogen (secondary N) is 1. The van der Waals surface area contributed by atoms with Crippen LogP contribution in [0.25, 0.3) is 0 Å². The number of ether oxygens (including phenoxy) is 2. The van der Waals surface area contributed by atoms with Gasteiger partial charge < -0.3 is 20.5 Å². The predicted molar refractivity (Wildman–Crippen MR) is 98.8 cm³/mol. The Kier molecular flexibility index (Phi) is 7.85. The van der Waals surface area contributed by atoms with E-state index in [1.54, 1.807) is 0 Å². The molecule has 0 bridgehead atoms. The molecule has 6 heteroatoms. The van der Waals surface area contributed by atoms with Crippen molar-refractivity contribution in [2.45, 2.75) is 32.8 Å². The van der Waals surface area contributed by atoms with E-state index in [4.69, 9.17) is 15.2 Å². The van der Waals surface area contributed by atoms with Gasteiger partial charge in [0.1, 0.15) is 5.75 Å². The van der Waals surface area contributed by atoms with E-state index in [0.29, 0.717) is 5.96 Å². The molecule has 1 fully saturated rings. The van der Waals surface area contributed by atoms with Crippen LogP contribution in [0.15, 0.2) is 29.3 Å². The van der Waals surface area contributed by atoms with Crippen LogP contribution in [0.5, 0.6) is 5.75 Å². The van der Waals surface area contributed by atoms with Crippen LogP contribution in [0.4, 0.5) is 5.69 Å². The molecule has 24 heavy (non-hydrogen) atoms. The third kappa shape index (κ3) is 7.19. The maximum absolute atomic E-state index is 5.93. The summed E-state index contributed by atoms with van der Waals surface area (Å²) in [5.41, 5.74) is 6.85. The summed E-state index contributed by atoms with van der Waals surface area (Å²) < 4.78 is 11.0. The van der Waals surface area contributed by atoms with Gasteiger partial charge in [-0.25, -0.2) is 0 Å². The van der Waals surface area contributed by atoms with Crippen molar-refractivity contribution in [1.82, 2.24) is 4.90 Å². The number of aliphatic imine (C=N–C) groups is 1. The fraction of sp³-hybridized carbons (Fsp3) is 0.611. The first-order valence-corrected chi connectivity index (χ1v) is 8.77. The van der Waals surface area contributed by atoms with Crippen molar-refractivity contribution < 1.29 is 9.47 Å². The molecule has 0 spiro atoms. The van der Waals surface area contributed by atoms with Crippen molar-refractivity contribution in [2.24, 2.45) is 10.7 Å². The Morgan fingerprint density at radius 3 is 2.62 bits per heavy atom. The van der Waals surface area contributed by atoms with E-state index in [9.17, 15) is 0 Å². The Morgan fingerprint density at radius 2 is 1.96 bits per heavy atom. The fourth-order valence-electron chi connectivity index (χ4n) is 2.55. The van der Waals surface area contributed by atoms with Gasteiger partial charge in [-0.1, -0.05) is 0 Å². The maximum atomic E-state index is 5.93. The standard InChI is InChI=1S/C18H30N4O2/c1-15(2)24-17-7-5-16(6-8-17)21-18(19)20-9-3-4-10-22-11-13-23-14-12-22/h5-8,15H,3-4,9-14H2,1-2H3,(H3,19,20,21). The van der Waals surface area contributed by atoms with E-state index in [2.05, 4.69) is 15.2 Å². The number of hydrogen-bond donors (Lipinski definition) is 2. The second kappa shape index (κ2) is 10.2. The number of nitrogens with zero attached hydrogens (tertiary/aromatic N) is 2. The van der Waals surface area contributed by atoms with E-state index < -0.39 is 0 Å². The zero-order chi connectivity index (χ0) is 17.2. The highest BCUT2D eigenvalue weighted by Gasteiger charge is 2.08. The summed E-state index contributed by atoms with van der Waals surface area (Å²) in [4.78, 5) is 6.82. The Hall–Kier alpha value is -1.79. The smallest absolute Gasteiger partial charge is 0.193 e. The SMILES string of the molecule is CC(C)Oc1ccc(NC(N)=NCCCCN2CCOCC2)cc1. The zero-order valence-electron chi connectivity index (χ0n) is 14.8. The minimum absolute atomic E-state index is 0.174. The van der Waals surface area contributed by atoms with Gasteiger partial charge in [0.2, 0.25) is 0 Å². The average molecular weight is 334 g/mol. The summed E-state index contributed by atoms with van der Waals surface area (Å²) in [7, 11) is 0. The van der Waals surface area contributed by atoms with Crippen molar-refractivity contribution >= 4 is 11.6 Å². The van der Waals surface area contributed by atoms with E-state index in [1.807, 2.05) is 38.1 Å². The van der Waals surface area contributed by atoms with Crippen LogP contribution in [-0.2, 0) is 4.74 Å². The summed E-state index contributed by atoms with van der Waals surface area (Å²) in [6.45, 7) is 9.69. The molecule has 1 aromatic carbocycles. The van der Waals surface area contributed by atoms with Gasteiger partial charge in [0.05, 0.1) is 19.3 Å². The summed E-state index contributed by atoms with van der Waals surface area (Å²) in [6.07, 6.45) is 2.35. The molecular formula is C18H30N4O2. The summed E-state index contributed by atoms with van der Waals surface area (Å²) in [6, 6.07) is 7.74. The lowest BCUT2D eigenvalue weighted by atomic mass is 10.3. The van der Waals surface area contributed by atoms with Gasteiger partial charge in [-0.05, 0) is 57.5 Å². The monoisotopic (exact) mass is 334 g/mol. The molecule has 1 aliphatic rings. The van der Waals surface area contributed by atoms with E-state index in [-0.39, 0.29) is 6.10 Å². The molecule has 0 saturated carbocycles. The Labute approximate surface area is 145 Å². The third-order valence-electron chi connectivity index (χ3n) is 3.77. The summed E-state index contributed by atoms with van der Waals surface area (Å²) in [5.74, 6) is 1.31. The van der Waals surface area contributed by atoms with Gasteiger partial charge in [0.25, 0.3) is 0 Å². The van der Waals surface area contributed by atoms with Gasteiger partial charge in [0, 0.05) is 25.3 Å². The molecule has 3 N–H and O–H groups in total. The highest BCUT2D eigenvalue weighted by atomic mass is 16.5. The molecule has 6 nitrogen and oxygen atoms in total. The number of rotatable bonds is 8. The topological polar surface area (TPSA) is 72.1 Å². The summed E-state index contributed by atoms with van der Waals surface area (Å²) >= 11 is 0. The maximum Gasteiger partial charge on any atom is 0.193 e. The second-order valence-corrected chi connectivity index (χ2v) is 6.24. The van der Waals surface area contributed by atoms with Gasteiger partial charge >= 0.3 is 0 Å². The molecule has 0 unspecified atom stereocenters. The van der Waals surface area contributed by atoms with Gasteiger partial charge in [-0.3, -0.25) is 9.89 Å². The third-order valence-corrected chi connectivity index (χ3v) is 3.77. The first-order chi connectivity index (χ1) is 11.6. The molecule has 1 aromatic rings. The van der Waals surface area contributed by atoms with Gasteiger partial charge in [-0.2, -0.15) is 0 Å². The normalized spacial score (nSPS) is 16.4. The molecule has 1 aliphatic heterocycles. The van der Waals surface area contributed by atoms with Crippen LogP contribution >= 0.6 is 0 Å². The number of nitrogens with two attached hydrogens (primary N) is 1. The molecule has 0 amide bonds. The van der Waals surface area contributed by atoms with Crippen LogP contribution in [0.1, 0.15) is 26.7 Å². The van der Waals surface area contributed by atoms with Gasteiger partial charge in [-0.15, -0.1) is 0 Å². The zero-order valence-corrected chi connectivity index (χ0v) is 14.8. The first-order valence-electron chi connectivity index (χ1n) is 8.77. The van der Waals surface area contributed by atoms with E-state index in [1.165, 1.54) is 0 Å². The lowest BCUT2D eigenvalue weighted by Gasteiger charge is -2.26. The molecule has 1 heterocycles. The molecule has 2 rings (SSSR count). The quantitative estimate of drug-likeness (QED) is 0.434. The Balaban J connectivity index is 1.64. The first kappa shape index (κ1) is 18.5. The molecule has 0 aliphatic carbocycles.